The second kappa shape index (κ2) is 5.78. The Morgan fingerprint density at radius 1 is 1.00 bits per heavy atom. The van der Waals surface area contributed by atoms with Crippen LogP contribution in [-0.2, 0) is 4.43 Å². The fraction of sp³-hybridized carbons (Fsp3) is 1.00. The Kier molecular flexibility index (Phi) is 5.87. The van der Waals surface area contributed by atoms with E-state index in [1.54, 1.807) is 0 Å². The first-order valence-corrected chi connectivity index (χ1v) is 6.69. The van der Waals surface area contributed by atoms with Crippen molar-refractivity contribution in [3.63, 3.8) is 0 Å². The van der Waals surface area contributed by atoms with Gasteiger partial charge in [0.15, 0.2) is 9.04 Å². The van der Waals surface area contributed by atoms with Crippen molar-refractivity contribution in [1.82, 2.24) is 0 Å². The number of hydrogen-bond acceptors (Lipinski definition) is 1. The lowest BCUT2D eigenvalue weighted by molar-refractivity contribution is 0.403. The van der Waals surface area contributed by atoms with Crippen LogP contribution in [0.4, 0.5) is 0 Å². The first kappa shape index (κ1) is 11.2. The van der Waals surface area contributed by atoms with Gasteiger partial charge in [0.2, 0.25) is 0 Å². The summed E-state index contributed by atoms with van der Waals surface area (Å²) in [5, 5.41) is 0. The van der Waals surface area contributed by atoms with Gasteiger partial charge in [-0.25, -0.2) is 0 Å². The van der Waals surface area contributed by atoms with Crippen molar-refractivity contribution in [2.24, 2.45) is 11.8 Å². The van der Waals surface area contributed by atoms with Gasteiger partial charge in [0.1, 0.15) is 0 Å². The van der Waals surface area contributed by atoms with Crippen LogP contribution < -0.4 is 0 Å². The van der Waals surface area contributed by atoms with Crippen molar-refractivity contribution in [3.05, 3.63) is 0 Å². The highest BCUT2D eigenvalue weighted by molar-refractivity contribution is 6.51. The molecule has 0 aliphatic carbocycles. The van der Waals surface area contributed by atoms with Gasteiger partial charge in [-0.15, -0.1) is 0 Å². The summed E-state index contributed by atoms with van der Waals surface area (Å²) >= 11 is 0. The Morgan fingerprint density at radius 3 is 1.55 bits per heavy atom. The predicted molar refractivity (Wildman–Crippen MR) is 53.4 cm³/mol. The summed E-state index contributed by atoms with van der Waals surface area (Å²) in [6.45, 7) is 9.11. The molecule has 0 spiro atoms. The maximum atomic E-state index is 5.51. The third kappa shape index (κ3) is 6.57. The second-order valence-electron chi connectivity index (χ2n) is 4.12. The Balaban J connectivity index is 3.58. The van der Waals surface area contributed by atoms with Crippen LogP contribution in [-0.4, -0.2) is 16.2 Å². The van der Waals surface area contributed by atoms with Crippen molar-refractivity contribution in [2.45, 2.75) is 39.8 Å². The first-order valence-electron chi connectivity index (χ1n) is 4.59. The van der Waals surface area contributed by atoms with Gasteiger partial charge >= 0.3 is 0 Å². The molecule has 68 valence electrons. The third-order valence-corrected chi connectivity index (χ3v) is 5.41. The molecule has 0 rings (SSSR count). The molecule has 0 bridgehead atoms. The summed E-state index contributed by atoms with van der Waals surface area (Å²) in [5.41, 5.74) is 0. The van der Waals surface area contributed by atoms with E-state index in [2.05, 4.69) is 27.7 Å². The van der Waals surface area contributed by atoms with Crippen LogP contribution in [0.15, 0.2) is 0 Å². The molecule has 0 amide bonds. The van der Waals surface area contributed by atoms with E-state index in [0.717, 1.165) is 11.8 Å². The molecule has 0 aliphatic heterocycles. The quantitative estimate of drug-likeness (QED) is 0.582. The van der Waals surface area contributed by atoms with E-state index in [9.17, 15) is 0 Å². The van der Waals surface area contributed by atoms with Crippen LogP contribution in [0.25, 0.3) is 0 Å². The molecule has 11 heavy (non-hydrogen) atoms. The van der Waals surface area contributed by atoms with E-state index < -0.39 is 9.04 Å². The van der Waals surface area contributed by atoms with E-state index in [1.165, 1.54) is 12.1 Å². The van der Waals surface area contributed by atoms with Crippen LogP contribution in [0.1, 0.15) is 27.7 Å². The molecule has 0 radical (unpaired) electrons. The molecular formula is C9H22OSi. The fourth-order valence-corrected chi connectivity index (χ4v) is 4.02. The van der Waals surface area contributed by atoms with Gasteiger partial charge in [0.25, 0.3) is 0 Å². The molecule has 1 nitrogen and oxygen atoms in total. The molecule has 0 aromatic rings. The smallest absolute Gasteiger partial charge is 0.176 e. The molecule has 0 aromatic heterocycles. The summed E-state index contributed by atoms with van der Waals surface area (Å²) in [5.74, 6) is 1.62. The molecule has 2 heteroatoms. The maximum absolute atomic E-state index is 5.51. The molecule has 0 saturated carbocycles. The Hall–Kier alpha value is 0.177. The lowest BCUT2D eigenvalue weighted by atomic mass is 10.3. The lowest BCUT2D eigenvalue weighted by Crippen LogP contribution is -2.20. The van der Waals surface area contributed by atoms with Crippen molar-refractivity contribution >= 4 is 9.04 Å². The average molecular weight is 174 g/mol. The zero-order chi connectivity index (χ0) is 8.85. The minimum atomic E-state index is -0.829. The van der Waals surface area contributed by atoms with Gasteiger partial charge < -0.3 is 4.43 Å². The van der Waals surface area contributed by atoms with E-state index in [4.69, 9.17) is 4.43 Å². The van der Waals surface area contributed by atoms with Gasteiger partial charge in [0.05, 0.1) is 0 Å². The largest absolute Gasteiger partial charge is 0.423 e. The van der Waals surface area contributed by atoms with Crippen LogP contribution in [0.5, 0.6) is 0 Å². The van der Waals surface area contributed by atoms with E-state index in [1.807, 2.05) is 7.11 Å². The molecular weight excluding hydrogens is 152 g/mol. The second-order valence-corrected chi connectivity index (χ2v) is 6.78. The first-order chi connectivity index (χ1) is 5.06. The highest BCUT2D eigenvalue weighted by Crippen LogP contribution is 2.14. The van der Waals surface area contributed by atoms with Gasteiger partial charge in [-0.1, -0.05) is 27.7 Å². The minimum absolute atomic E-state index is 0.811. The summed E-state index contributed by atoms with van der Waals surface area (Å²) < 4.78 is 5.51. The molecule has 0 aromatic carbocycles. The Bertz CT molecular complexity index is 81.6. The Morgan fingerprint density at radius 2 is 1.36 bits per heavy atom. The van der Waals surface area contributed by atoms with Crippen LogP contribution in [0.2, 0.25) is 12.1 Å². The topological polar surface area (TPSA) is 9.23 Å². The lowest BCUT2D eigenvalue weighted by Gasteiger charge is -2.17. The zero-order valence-electron chi connectivity index (χ0n) is 8.55. The highest BCUT2D eigenvalue weighted by atomic mass is 28.3. The normalized spacial score (nSPS) is 12.0. The number of hydrogen-bond donors (Lipinski definition) is 0. The number of rotatable bonds is 5. The zero-order valence-corrected chi connectivity index (χ0v) is 9.71. The van der Waals surface area contributed by atoms with Crippen molar-refractivity contribution < 1.29 is 4.43 Å². The molecule has 0 N–H and O–H groups in total. The average Bonchev–Trinajstić information content (AvgIpc) is 1.84. The molecule has 0 fully saturated rings. The Labute approximate surface area is 72.9 Å². The van der Waals surface area contributed by atoms with Gasteiger partial charge in [-0.3, -0.25) is 0 Å². The van der Waals surface area contributed by atoms with Crippen molar-refractivity contribution in [2.75, 3.05) is 7.11 Å². The summed E-state index contributed by atoms with van der Waals surface area (Å²) in [6, 6.07) is 2.66. The molecule has 0 atom stereocenters. The molecule has 0 aliphatic rings. The fourth-order valence-electron chi connectivity index (χ4n) is 1.34. The molecule has 0 saturated heterocycles. The maximum Gasteiger partial charge on any atom is 0.176 e. The SMILES string of the molecule is CO[SiH](CC(C)C)CC(C)C. The highest BCUT2D eigenvalue weighted by Gasteiger charge is 2.13. The summed E-state index contributed by atoms with van der Waals surface area (Å²) in [7, 11) is 1.05. The minimum Gasteiger partial charge on any atom is -0.423 e. The monoisotopic (exact) mass is 174 g/mol. The van der Waals surface area contributed by atoms with Crippen LogP contribution in [0, 0.1) is 11.8 Å². The third-order valence-electron chi connectivity index (χ3n) is 1.80. The van der Waals surface area contributed by atoms with Gasteiger partial charge in [0, 0.05) is 7.11 Å². The predicted octanol–water partition coefficient (Wildman–Crippen LogP) is 2.67. The summed E-state index contributed by atoms with van der Waals surface area (Å²) in [4.78, 5) is 0. The van der Waals surface area contributed by atoms with Gasteiger partial charge in [-0.2, -0.15) is 0 Å². The van der Waals surface area contributed by atoms with Crippen LogP contribution in [0.3, 0.4) is 0 Å². The molecule has 0 heterocycles. The molecule has 0 unspecified atom stereocenters. The van der Waals surface area contributed by atoms with Crippen LogP contribution >= 0.6 is 0 Å². The summed E-state index contributed by atoms with van der Waals surface area (Å²) in [6.07, 6.45) is 0. The van der Waals surface area contributed by atoms with Crippen molar-refractivity contribution in [1.29, 1.82) is 0 Å². The van der Waals surface area contributed by atoms with E-state index in [0.29, 0.717) is 0 Å². The standard InChI is InChI=1S/C9H22OSi/c1-8(2)6-11(10-5)7-9(3)4/h8-9,11H,6-7H2,1-5H3. The van der Waals surface area contributed by atoms with Crippen molar-refractivity contribution in [3.8, 4) is 0 Å². The van der Waals surface area contributed by atoms with Gasteiger partial charge in [-0.05, 0) is 23.9 Å². The van der Waals surface area contributed by atoms with E-state index in [-0.39, 0.29) is 0 Å². The van der Waals surface area contributed by atoms with E-state index >= 15 is 0 Å².